The predicted octanol–water partition coefficient (Wildman–Crippen LogP) is 0.932. The molecule has 1 amide bonds. The van der Waals surface area contributed by atoms with Gasteiger partial charge in [0.25, 0.3) is 5.56 Å². The summed E-state index contributed by atoms with van der Waals surface area (Å²) in [5, 5.41) is 2.85. The molecule has 120 valence electrons. The smallest absolute Gasteiger partial charge is 0.275 e. The van der Waals surface area contributed by atoms with Crippen LogP contribution >= 0.6 is 0 Å². The van der Waals surface area contributed by atoms with Gasteiger partial charge in [0.2, 0.25) is 5.91 Å². The molecule has 0 unspecified atom stereocenters. The van der Waals surface area contributed by atoms with Gasteiger partial charge in [-0.3, -0.25) is 14.2 Å². The molecule has 6 nitrogen and oxygen atoms in total. The summed E-state index contributed by atoms with van der Waals surface area (Å²) in [6, 6.07) is 11.2. The van der Waals surface area contributed by atoms with Crippen molar-refractivity contribution < 1.29 is 4.79 Å². The number of hydrogen-bond donors (Lipinski definition) is 1. The molecule has 0 aliphatic heterocycles. The Kier molecular flexibility index (Phi) is 4.16. The number of aromatic nitrogens is 2. The van der Waals surface area contributed by atoms with Crippen LogP contribution in [-0.2, 0) is 11.3 Å². The Hall–Kier alpha value is -2.60. The first-order valence-corrected chi connectivity index (χ1v) is 7.58. The molecule has 23 heavy (non-hydrogen) atoms. The molecule has 0 bridgehead atoms. The zero-order chi connectivity index (χ0) is 16.4. The lowest BCUT2D eigenvalue weighted by Gasteiger charge is -2.14. The van der Waals surface area contributed by atoms with Gasteiger partial charge in [0.05, 0.1) is 11.0 Å². The van der Waals surface area contributed by atoms with E-state index in [0.717, 1.165) is 17.6 Å². The fourth-order valence-electron chi connectivity index (χ4n) is 2.68. The summed E-state index contributed by atoms with van der Waals surface area (Å²) < 4.78 is 3.40. The Labute approximate surface area is 133 Å². The molecule has 0 aliphatic carbocycles. The monoisotopic (exact) mass is 312 g/mol. The van der Waals surface area contributed by atoms with Crippen LogP contribution in [0.5, 0.6) is 0 Å². The number of likely N-dealkylation sites (N-methyl/N-ethyl adjacent to an activating group) is 1. The van der Waals surface area contributed by atoms with Gasteiger partial charge in [0.1, 0.15) is 12.1 Å². The van der Waals surface area contributed by atoms with Crippen molar-refractivity contribution in [2.45, 2.75) is 6.54 Å². The molecule has 3 rings (SSSR count). The highest BCUT2D eigenvalue weighted by Crippen LogP contribution is 2.14. The molecule has 6 heteroatoms. The van der Waals surface area contributed by atoms with Crippen molar-refractivity contribution >= 4 is 22.5 Å². The summed E-state index contributed by atoms with van der Waals surface area (Å²) in [4.78, 5) is 26.8. The molecule has 0 radical (unpaired) electrons. The van der Waals surface area contributed by atoms with Gasteiger partial charge < -0.3 is 14.6 Å². The molecule has 1 N–H and O–H groups in total. The van der Waals surface area contributed by atoms with Crippen LogP contribution in [0.4, 0.5) is 0 Å². The summed E-state index contributed by atoms with van der Waals surface area (Å²) in [5.74, 6) is -0.157. The van der Waals surface area contributed by atoms with Gasteiger partial charge >= 0.3 is 0 Å². The number of nitrogens with one attached hydrogen (secondary N) is 1. The van der Waals surface area contributed by atoms with Crippen LogP contribution in [0.1, 0.15) is 0 Å². The van der Waals surface area contributed by atoms with E-state index in [0.29, 0.717) is 12.1 Å². The summed E-state index contributed by atoms with van der Waals surface area (Å²) >= 11 is 0. The lowest BCUT2D eigenvalue weighted by molar-refractivity contribution is -0.121. The summed E-state index contributed by atoms with van der Waals surface area (Å²) in [7, 11) is 3.90. The number of nitrogens with zero attached hydrogens (tertiary/aromatic N) is 3. The van der Waals surface area contributed by atoms with Crippen LogP contribution in [0, 0.1) is 0 Å². The van der Waals surface area contributed by atoms with Gasteiger partial charge in [-0.1, -0.05) is 12.1 Å². The van der Waals surface area contributed by atoms with Crippen LogP contribution < -0.4 is 10.9 Å². The molecule has 0 atom stereocenters. The number of amides is 1. The minimum absolute atomic E-state index is 0.0223. The van der Waals surface area contributed by atoms with Crippen LogP contribution in [0.25, 0.3) is 16.6 Å². The lowest BCUT2D eigenvalue weighted by atomic mass is 10.2. The van der Waals surface area contributed by atoms with E-state index in [-0.39, 0.29) is 18.0 Å². The Bertz CT molecular complexity index is 908. The number of hydrogen-bond acceptors (Lipinski definition) is 3. The molecule has 0 aliphatic rings. The zero-order valence-electron chi connectivity index (χ0n) is 13.3. The number of carbonyl (C=O) groups is 1. The maximum atomic E-state index is 12.7. The summed E-state index contributed by atoms with van der Waals surface area (Å²) in [6.45, 7) is 1.35. The Morgan fingerprint density at radius 3 is 2.52 bits per heavy atom. The third kappa shape index (κ3) is 2.98. The van der Waals surface area contributed by atoms with Gasteiger partial charge in [-0.2, -0.15) is 0 Å². The molecule has 0 spiro atoms. The predicted molar refractivity (Wildman–Crippen MR) is 90.7 cm³/mol. The molecule has 0 saturated heterocycles. The summed E-state index contributed by atoms with van der Waals surface area (Å²) in [5.41, 5.74) is 2.08. The van der Waals surface area contributed by atoms with Crippen LogP contribution in [0.2, 0.25) is 0 Å². The van der Waals surface area contributed by atoms with E-state index in [1.54, 1.807) is 6.07 Å². The van der Waals surface area contributed by atoms with Gasteiger partial charge in [-0.15, -0.1) is 0 Å². The largest absolute Gasteiger partial charge is 0.353 e. The zero-order valence-corrected chi connectivity index (χ0v) is 13.3. The second-order valence-electron chi connectivity index (χ2n) is 5.80. The number of benzene rings is 1. The van der Waals surface area contributed by atoms with Crippen LogP contribution in [0.3, 0.4) is 0 Å². The third-order valence-electron chi connectivity index (χ3n) is 3.83. The highest BCUT2D eigenvalue weighted by molar-refractivity contribution is 5.82. The number of rotatable bonds is 5. The number of fused-ring (bicyclic) bond motifs is 3. The number of para-hydroxylation sites is 2. The van der Waals surface area contributed by atoms with Gasteiger partial charge in [0.15, 0.2) is 0 Å². The first-order chi connectivity index (χ1) is 11.1. The second kappa shape index (κ2) is 6.26. The molecular weight excluding hydrogens is 292 g/mol. The van der Waals surface area contributed by atoms with Crippen molar-refractivity contribution in [2.75, 3.05) is 27.2 Å². The normalized spacial score (nSPS) is 11.4. The minimum atomic E-state index is -0.157. The molecule has 1 aromatic carbocycles. The van der Waals surface area contributed by atoms with E-state index in [1.807, 2.05) is 59.9 Å². The minimum Gasteiger partial charge on any atom is -0.353 e. The quantitative estimate of drug-likeness (QED) is 0.762. The SMILES string of the molecule is CN(C)CCNC(=O)Cn1c(=O)c2cccn2c2ccccc21. The van der Waals surface area contributed by atoms with Gasteiger partial charge in [0, 0.05) is 19.3 Å². The lowest BCUT2D eigenvalue weighted by Crippen LogP contribution is -2.36. The second-order valence-corrected chi connectivity index (χ2v) is 5.80. The highest BCUT2D eigenvalue weighted by atomic mass is 16.2. The maximum absolute atomic E-state index is 12.7. The van der Waals surface area contributed by atoms with Crippen molar-refractivity contribution in [2.24, 2.45) is 0 Å². The third-order valence-corrected chi connectivity index (χ3v) is 3.83. The Balaban J connectivity index is 1.97. The van der Waals surface area contributed by atoms with E-state index in [4.69, 9.17) is 0 Å². The van der Waals surface area contributed by atoms with Crippen molar-refractivity contribution in [3.63, 3.8) is 0 Å². The van der Waals surface area contributed by atoms with Gasteiger partial charge in [-0.05, 0) is 38.4 Å². The van der Waals surface area contributed by atoms with Crippen molar-refractivity contribution in [3.8, 4) is 0 Å². The first kappa shape index (κ1) is 15.3. The van der Waals surface area contributed by atoms with E-state index >= 15 is 0 Å². The van der Waals surface area contributed by atoms with Crippen LogP contribution in [0.15, 0.2) is 47.4 Å². The molecule has 3 aromatic rings. The molecular formula is C17H20N4O2. The standard InChI is InChI=1S/C17H20N4O2/c1-19(2)11-9-18-16(22)12-21-14-7-4-3-6-13(14)20-10-5-8-15(20)17(21)23/h3-8,10H,9,11-12H2,1-2H3,(H,18,22). The Morgan fingerprint density at radius 1 is 1.09 bits per heavy atom. The fourth-order valence-corrected chi connectivity index (χ4v) is 2.68. The van der Waals surface area contributed by atoms with E-state index < -0.39 is 0 Å². The first-order valence-electron chi connectivity index (χ1n) is 7.58. The van der Waals surface area contributed by atoms with E-state index in [1.165, 1.54) is 4.57 Å². The fraction of sp³-hybridized carbons (Fsp3) is 0.294. The van der Waals surface area contributed by atoms with Crippen molar-refractivity contribution in [3.05, 3.63) is 52.9 Å². The van der Waals surface area contributed by atoms with E-state index in [9.17, 15) is 9.59 Å². The molecule has 2 aromatic heterocycles. The Morgan fingerprint density at radius 2 is 1.78 bits per heavy atom. The average molecular weight is 312 g/mol. The summed E-state index contributed by atoms with van der Waals surface area (Å²) in [6.07, 6.45) is 1.86. The molecule has 2 heterocycles. The van der Waals surface area contributed by atoms with E-state index in [2.05, 4.69) is 5.32 Å². The molecule has 0 saturated carbocycles. The van der Waals surface area contributed by atoms with Crippen LogP contribution in [-0.4, -0.2) is 47.0 Å². The highest BCUT2D eigenvalue weighted by Gasteiger charge is 2.12. The molecule has 0 fully saturated rings. The van der Waals surface area contributed by atoms with Gasteiger partial charge in [-0.25, -0.2) is 0 Å². The van der Waals surface area contributed by atoms with Crippen molar-refractivity contribution in [1.29, 1.82) is 0 Å². The average Bonchev–Trinajstić information content (AvgIpc) is 3.01. The topological polar surface area (TPSA) is 58.8 Å². The maximum Gasteiger partial charge on any atom is 0.275 e. The number of carbonyl (C=O) groups excluding carboxylic acids is 1. The van der Waals surface area contributed by atoms with Crippen molar-refractivity contribution in [1.82, 2.24) is 19.2 Å².